The molecule has 0 saturated carbocycles. The number of fused-ring (bicyclic) bond motifs is 3. The molecule has 0 aliphatic heterocycles. The van der Waals surface area contributed by atoms with Crippen molar-refractivity contribution < 1.29 is 4.79 Å². The maximum absolute atomic E-state index is 11.5. The van der Waals surface area contributed by atoms with Crippen LogP contribution in [0, 0.1) is 0 Å². The molecule has 2 aromatic carbocycles. The number of aromatic nitrogens is 3. The molecule has 26 heavy (non-hydrogen) atoms. The first kappa shape index (κ1) is 16.3. The summed E-state index contributed by atoms with van der Waals surface area (Å²) in [5.74, 6) is -0.462. The number of amides is 1. The van der Waals surface area contributed by atoms with Crippen molar-refractivity contribution in [2.75, 3.05) is 0 Å². The number of primary amides is 1. The maximum atomic E-state index is 11.5. The lowest BCUT2D eigenvalue weighted by atomic mass is 9.86. The summed E-state index contributed by atoms with van der Waals surface area (Å²) in [6, 6.07) is 13.7. The van der Waals surface area contributed by atoms with Gasteiger partial charge < -0.3 is 5.73 Å². The molecule has 0 fully saturated rings. The van der Waals surface area contributed by atoms with Crippen molar-refractivity contribution in [2.45, 2.75) is 26.2 Å². The van der Waals surface area contributed by atoms with Crippen LogP contribution in [0.25, 0.3) is 27.9 Å². The van der Waals surface area contributed by atoms with E-state index >= 15 is 0 Å². The highest BCUT2D eigenvalue weighted by atomic mass is 16.1. The van der Waals surface area contributed by atoms with Crippen LogP contribution in [0.1, 0.15) is 36.7 Å². The van der Waals surface area contributed by atoms with E-state index in [2.05, 4.69) is 50.0 Å². The van der Waals surface area contributed by atoms with Gasteiger partial charge >= 0.3 is 0 Å². The van der Waals surface area contributed by atoms with Crippen LogP contribution in [0.4, 0.5) is 0 Å². The van der Waals surface area contributed by atoms with E-state index in [9.17, 15) is 4.79 Å². The Kier molecular flexibility index (Phi) is 3.54. The maximum Gasteiger partial charge on any atom is 0.248 e. The second-order valence-corrected chi connectivity index (χ2v) is 7.48. The summed E-state index contributed by atoms with van der Waals surface area (Å²) in [7, 11) is 0. The smallest absolute Gasteiger partial charge is 0.248 e. The van der Waals surface area contributed by atoms with E-state index in [1.807, 2.05) is 16.7 Å². The van der Waals surface area contributed by atoms with Gasteiger partial charge in [0, 0.05) is 23.5 Å². The Morgan fingerprint density at radius 2 is 1.81 bits per heavy atom. The fourth-order valence-corrected chi connectivity index (χ4v) is 3.14. The lowest BCUT2D eigenvalue weighted by molar-refractivity contribution is 0.100. The number of carbonyl (C=O) groups is 1. The van der Waals surface area contributed by atoms with Crippen LogP contribution in [0.2, 0.25) is 0 Å². The van der Waals surface area contributed by atoms with Crippen molar-refractivity contribution in [3.63, 3.8) is 0 Å². The number of hydrogen-bond acceptors (Lipinski definition) is 3. The Labute approximate surface area is 151 Å². The molecule has 0 saturated heterocycles. The lowest BCUT2D eigenvalue weighted by Crippen LogP contribution is -2.11. The van der Waals surface area contributed by atoms with Gasteiger partial charge in [0.1, 0.15) is 5.69 Å². The molecule has 0 aliphatic rings. The second kappa shape index (κ2) is 5.66. The predicted octanol–water partition coefficient (Wildman–Crippen LogP) is 3.95. The Hall–Kier alpha value is -3.21. The van der Waals surface area contributed by atoms with Crippen LogP contribution in [-0.2, 0) is 5.41 Å². The highest BCUT2D eigenvalue weighted by Gasteiger charge is 2.16. The summed E-state index contributed by atoms with van der Waals surface area (Å²) >= 11 is 0. The first-order chi connectivity index (χ1) is 12.3. The second-order valence-electron chi connectivity index (χ2n) is 7.48. The molecule has 2 N–H and O–H groups in total. The molecule has 130 valence electrons. The van der Waals surface area contributed by atoms with Gasteiger partial charge in [-0.05, 0) is 29.2 Å². The summed E-state index contributed by atoms with van der Waals surface area (Å²) in [5, 5.41) is 0. The quantitative estimate of drug-likeness (QED) is 0.598. The molecule has 2 heterocycles. The van der Waals surface area contributed by atoms with E-state index in [4.69, 9.17) is 10.7 Å². The summed E-state index contributed by atoms with van der Waals surface area (Å²) < 4.78 is 1.99. The monoisotopic (exact) mass is 344 g/mol. The van der Waals surface area contributed by atoms with Crippen molar-refractivity contribution in [3.8, 4) is 11.3 Å². The first-order valence-corrected chi connectivity index (χ1v) is 8.52. The van der Waals surface area contributed by atoms with Gasteiger partial charge in [-0.3, -0.25) is 9.20 Å². The van der Waals surface area contributed by atoms with Crippen molar-refractivity contribution >= 4 is 22.6 Å². The van der Waals surface area contributed by atoms with Crippen LogP contribution in [0.15, 0.2) is 54.9 Å². The van der Waals surface area contributed by atoms with Crippen LogP contribution in [-0.4, -0.2) is 20.3 Å². The largest absolute Gasteiger partial charge is 0.366 e. The number of nitrogens with two attached hydrogens (primary N) is 1. The van der Waals surface area contributed by atoms with E-state index in [0.717, 1.165) is 22.4 Å². The van der Waals surface area contributed by atoms with E-state index in [1.54, 1.807) is 18.3 Å². The minimum absolute atomic E-state index is 0.0916. The average Bonchev–Trinajstić information content (AvgIpc) is 3.09. The van der Waals surface area contributed by atoms with Gasteiger partial charge in [0.2, 0.25) is 5.91 Å². The van der Waals surface area contributed by atoms with Gasteiger partial charge in [-0.15, -0.1) is 0 Å². The van der Waals surface area contributed by atoms with E-state index < -0.39 is 5.91 Å². The zero-order valence-electron chi connectivity index (χ0n) is 15.0. The number of rotatable bonds is 2. The minimum Gasteiger partial charge on any atom is -0.366 e. The molecule has 4 rings (SSSR count). The van der Waals surface area contributed by atoms with Gasteiger partial charge in [0.05, 0.1) is 11.0 Å². The van der Waals surface area contributed by atoms with Crippen LogP contribution < -0.4 is 5.73 Å². The zero-order chi connectivity index (χ0) is 18.5. The zero-order valence-corrected chi connectivity index (χ0v) is 15.0. The highest BCUT2D eigenvalue weighted by molar-refractivity contribution is 5.97. The van der Waals surface area contributed by atoms with Gasteiger partial charge in [-0.25, -0.2) is 9.97 Å². The first-order valence-electron chi connectivity index (χ1n) is 8.52. The molecule has 4 aromatic rings. The number of hydrogen-bond donors (Lipinski definition) is 1. The third-order valence-electron chi connectivity index (χ3n) is 4.63. The van der Waals surface area contributed by atoms with Crippen LogP contribution in [0.3, 0.4) is 0 Å². The van der Waals surface area contributed by atoms with E-state index in [-0.39, 0.29) is 5.41 Å². The standard InChI is InChI=1S/C21H20N4O/c1-21(2,3)15-7-4-13(5-8-15)18-20-23-10-11-25(20)17-9-6-14(19(22)26)12-16(17)24-18/h4-12H,1-3H3,(H2,22,26). The Balaban J connectivity index is 1.95. The highest BCUT2D eigenvalue weighted by Crippen LogP contribution is 2.29. The third-order valence-corrected chi connectivity index (χ3v) is 4.63. The van der Waals surface area contributed by atoms with Gasteiger partial charge in [-0.2, -0.15) is 0 Å². The fourth-order valence-electron chi connectivity index (χ4n) is 3.14. The molecular formula is C21H20N4O. The molecule has 2 aromatic heterocycles. The predicted molar refractivity (Wildman–Crippen MR) is 103 cm³/mol. The molecule has 0 aliphatic carbocycles. The van der Waals surface area contributed by atoms with Gasteiger partial charge in [-0.1, -0.05) is 45.0 Å². The third kappa shape index (κ3) is 2.62. The van der Waals surface area contributed by atoms with E-state index in [0.29, 0.717) is 11.1 Å². The van der Waals surface area contributed by atoms with Crippen molar-refractivity contribution in [3.05, 3.63) is 66.0 Å². The van der Waals surface area contributed by atoms with E-state index in [1.165, 1.54) is 5.56 Å². The number of benzene rings is 2. The number of nitrogens with zero attached hydrogens (tertiary/aromatic N) is 3. The van der Waals surface area contributed by atoms with Gasteiger partial charge in [0.25, 0.3) is 0 Å². The van der Waals surface area contributed by atoms with Crippen LogP contribution >= 0.6 is 0 Å². The van der Waals surface area contributed by atoms with Crippen molar-refractivity contribution in [1.29, 1.82) is 0 Å². The fraction of sp³-hybridized carbons (Fsp3) is 0.190. The minimum atomic E-state index is -0.462. The molecule has 0 atom stereocenters. The number of imidazole rings is 1. The topological polar surface area (TPSA) is 73.3 Å². The van der Waals surface area contributed by atoms with Crippen molar-refractivity contribution in [1.82, 2.24) is 14.4 Å². The molecule has 0 unspecified atom stereocenters. The number of carbonyl (C=O) groups excluding carboxylic acids is 1. The molecule has 0 bridgehead atoms. The van der Waals surface area contributed by atoms with Crippen LogP contribution in [0.5, 0.6) is 0 Å². The van der Waals surface area contributed by atoms with Gasteiger partial charge in [0.15, 0.2) is 5.65 Å². The molecule has 5 nitrogen and oxygen atoms in total. The summed E-state index contributed by atoms with van der Waals surface area (Å²) in [4.78, 5) is 20.8. The Morgan fingerprint density at radius 1 is 1.08 bits per heavy atom. The summed E-state index contributed by atoms with van der Waals surface area (Å²) in [6.07, 6.45) is 3.65. The SMILES string of the molecule is CC(C)(C)c1ccc(-c2nc3cc(C(N)=O)ccc3n3ccnc23)cc1. The molecule has 1 amide bonds. The average molecular weight is 344 g/mol. The normalized spacial score (nSPS) is 12.0. The molecule has 0 spiro atoms. The Morgan fingerprint density at radius 3 is 2.46 bits per heavy atom. The van der Waals surface area contributed by atoms with Crippen molar-refractivity contribution in [2.24, 2.45) is 5.73 Å². The molecule has 5 heteroatoms. The summed E-state index contributed by atoms with van der Waals surface area (Å²) in [6.45, 7) is 6.57. The summed E-state index contributed by atoms with van der Waals surface area (Å²) in [5.41, 5.74) is 11.4. The molecular weight excluding hydrogens is 324 g/mol. The Bertz CT molecular complexity index is 1130. The molecule has 0 radical (unpaired) electrons. The lowest BCUT2D eigenvalue weighted by Gasteiger charge is -2.19.